The van der Waals surface area contributed by atoms with Crippen LogP contribution in [0.3, 0.4) is 0 Å². The van der Waals surface area contributed by atoms with Gasteiger partial charge in [-0.25, -0.2) is 4.79 Å². The van der Waals surface area contributed by atoms with E-state index in [1.807, 2.05) is 0 Å². The number of carboxylic acid groups (broad SMARTS) is 1. The topological polar surface area (TPSA) is 108 Å². The Morgan fingerprint density at radius 1 is 1.29 bits per heavy atom. The van der Waals surface area contributed by atoms with Gasteiger partial charge in [-0.3, -0.25) is 10.1 Å². The van der Waals surface area contributed by atoms with Gasteiger partial charge >= 0.3 is 11.7 Å². The first-order valence-corrected chi connectivity index (χ1v) is 6.27. The maximum Gasteiger partial charge on any atom is 0.335 e. The smallest absolute Gasteiger partial charge is 0.335 e. The van der Waals surface area contributed by atoms with Crippen molar-refractivity contribution in [3.63, 3.8) is 0 Å². The van der Waals surface area contributed by atoms with Crippen molar-refractivity contribution in [1.82, 2.24) is 0 Å². The van der Waals surface area contributed by atoms with Crippen molar-refractivity contribution in [3.05, 3.63) is 33.9 Å². The van der Waals surface area contributed by atoms with Crippen molar-refractivity contribution in [2.45, 2.75) is 6.42 Å². The van der Waals surface area contributed by atoms with Gasteiger partial charge in [0.05, 0.1) is 17.1 Å². The number of ether oxygens (including phenoxy) is 3. The van der Waals surface area contributed by atoms with E-state index in [-0.39, 0.29) is 30.2 Å². The lowest BCUT2D eigenvalue weighted by Crippen LogP contribution is -2.10. The van der Waals surface area contributed by atoms with E-state index in [1.165, 1.54) is 12.1 Å². The third-order valence-electron chi connectivity index (χ3n) is 2.52. The lowest BCUT2D eigenvalue weighted by molar-refractivity contribution is -0.385. The number of methoxy groups -OCH3 is 1. The van der Waals surface area contributed by atoms with Crippen LogP contribution in [0.4, 0.5) is 5.69 Å². The molecule has 1 N–H and O–H groups in total. The van der Waals surface area contributed by atoms with E-state index in [9.17, 15) is 14.9 Å². The third kappa shape index (κ3) is 5.76. The number of carboxylic acids is 1. The predicted octanol–water partition coefficient (Wildman–Crippen LogP) is 1.72. The molecule has 0 fully saturated rings. The van der Waals surface area contributed by atoms with Gasteiger partial charge < -0.3 is 19.3 Å². The average Bonchev–Trinajstić information content (AvgIpc) is 2.46. The minimum atomic E-state index is -1.23. The van der Waals surface area contributed by atoms with Crippen LogP contribution in [0.15, 0.2) is 18.2 Å². The SMILES string of the molecule is COCCCOCCOc1ccc(C(=O)O)cc1[N+](=O)[O-]. The van der Waals surface area contributed by atoms with Gasteiger partial charge in [0.1, 0.15) is 6.61 Å². The molecule has 0 heterocycles. The van der Waals surface area contributed by atoms with E-state index in [0.717, 1.165) is 12.5 Å². The summed E-state index contributed by atoms with van der Waals surface area (Å²) in [6.45, 7) is 1.53. The highest BCUT2D eigenvalue weighted by molar-refractivity contribution is 5.88. The molecule has 116 valence electrons. The zero-order valence-corrected chi connectivity index (χ0v) is 11.6. The van der Waals surface area contributed by atoms with Gasteiger partial charge in [-0.05, 0) is 18.6 Å². The molecule has 0 aromatic heterocycles. The van der Waals surface area contributed by atoms with Gasteiger partial charge in [-0.15, -0.1) is 0 Å². The van der Waals surface area contributed by atoms with Crippen molar-refractivity contribution in [1.29, 1.82) is 0 Å². The number of rotatable bonds is 10. The zero-order chi connectivity index (χ0) is 15.7. The highest BCUT2D eigenvalue weighted by atomic mass is 16.6. The Kier molecular flexibility index (Phi) is 7.13. The fourth-order valence-corrected chi connectivity index (χ4v) is 1.53. The fraction of sp³-hybridized carbons (Fsp3) is 0.462. The summed E-state index contributed by atoms with van der Waals surface area (Å²) in [6, 6.07) is 3.49. The zero-order valence-electron chi connectivity index (χ0n) is 11.6. The summed E-state index contributed by atoms with van der Waals surface area (Å²) >= 11 is 0. The summed E-state index contributed by atoms with van der Waals surface area (Å²) in [7, 11) is 1.60. The third-order valence-corrected chi connectivity index (χ3v) is 2.52. The standard InChI is InChI=1S/C13H17NO7/c1-19-5-2-6-20-7-8-21-12-4-3-10(13(15)16)9-11(12)14(17)18/h3-4,9H,2,5-8H2,1H3,(H,15,16). The summed E-state index contributed by atoms with van der Waals surface area (Å²) in [4.78, 5) is 21.0. The van der Waals surface area contributed by atoms with Gasteiger partial charge in [-0.2, -0.15) is 0 Å². The Labute approximate surface area is 121 Å². The number of benzene rings is 1. The molecule has 0 aliphatic rings. The van der Waals surface area contributed by atoms with Gasteiger partial charge in [0.25, 0.3) is 0 Å². The molecule has 0 radical (unpaired) electrons. The number of hydrogen-bond acceptors (Lipinski definition) is 6. The monoisotopic (exact) mass is 299 g/mol. The maximum atomic E-state index is 10.9. The number of aromatic carboxylic acids is 1. The highest BCUT2D eigenvalue weighted by Crippen LogP contribution is 2.27. The molecule has 0 atom stereocenters. The fourth-order valence-electron chi connectivity index (χ4n) is 1.53. The van der Waals surface area contributed by atoms with Crippen LogP contribution in [-0.4, -0.2) is 49.5 Å². The summed E-state index contributed by atoms with van der Waals surface area (Å²) in [5.41, 5.74) is -0.542. The molecule has 1 rings (SSSR count). The van der Waals surface area contributed by atoms with Crippen LogP contribution in [0.2, 0.25) is 0 Å². The molecule has 8 heteroatoms. The molecule has 1 aromatic rings. The molecule has 0 unspecified atom stereocenters. The number of nitrogens with zero attached hydrogens (tertiary/aromatic N) is 1. The van der Waals surface area contributed by atoms with Crippen LogP contribution in [0.1, 0.15) is 16.8 Å². The Morgan fingerprint density at radius 2 is 2.05 bits per heavy atom. The van der Waals surface area contributed by atoms with Crippen LogP contribution >= 0.6 is 0 Å². The molecule has 0 spiro atoms. The number of hydrogen-bond donors (Lipinski definition) is 1. The van der Waals surface area contributed by atoms with Gasteiger partial charge in [-0.1, -0.05) is 0 Å². The van der Waals surface area contributed by atoms with Crippen LogP contribution < -0.4 is 4.74 Å². The summed E-state index contributed by atoms with van der Waals surface area (Å²) in [6.07, 6.45) is 0.754. The number of nitro benzene ring substituents is 1. The van der Waals surface area contributed by atoms with Crippen LogP contribution in [0.5, 0.6) is 5.75 Å². The normalized spacial score (nSPS) is 10.3. The Morgan fingerprint density at radius 3 is 2.67 bits per heavy atom. The molecule has 0 aliphatic heterocycles. The molecule has 21 heavy (non-hydrogen) atoms. The quantitative estimate of drug-likeness (QED) is 0.398. The van der Waals surface area contributed by atoms with Gasteiger partial charge in [0, 0.05) is 26.4 Å². The van der Waals surface area contributed by atoms with E-state index in [4.69, 9.17) is 19.3 Å². The highest BCUT2D eigenvalue weighted by Gasteiger charge is 2.18. The molecule has 0 bridgehead atoms. The molecule has 0 saturated carbocycles. The van der Waals surface area contributed by atoms with E-state index in [1.54, 1.807) is 7.11 Å². The number of nitro groups is 1. The van der Waals surface area contributed by atoms with Crippen LogP contribution in [-0.2, 0) is 9.47 Å². The molecular formula is C13H17NO7. The minimum absolute atomic E-state index is 0.0190. The van der Waals surface area contributed by atoms with Gasteiger partial charge in [0.15, 0.2) is 5.75 Å². The summed E-state index contributed by atoms with van der Waals surface area (Å²) in [5.74, 6) is -1.21. The van der Waals surface area contributed by atoms with Crippen molar-refractivity contribution in [2.75, 3.05) is 33.5 Å². The first-order valence-electron chi connectivity index (χ1n) is 6.27. The first-order chi connectivity index (χ1) is 10.1. The molecule has 0 aliphatic carbocycles. The molecule has 0 saturated heterocycles. The lowest BCUT2D eigenvalue weighted by Gasteiger charge is -2.08. The second-order valence-corrected chi connectivity index (χ2v) is 4.05. The first kappa shape index (κ1) is 16.9. The summed E-state index contributed by atoms with van der Waals surface area (Å²) in [5, 5.41) is 19.7. The van der Waals surface area contributed by atoms with Crippen molar-refractivity contribution in [3.8, 4) is 5.75 Å². The number of carbonyl (C=O) groups is 1. The Balaban J connectivity index is 2.51. The second kappa shape index (κ2) is 8.88. The minimum Gasteiger partial charge on any atom is -0.484 e. The van der Waals surface area contributed by atoms with E-state index in [2.05, 4.69) is 0 Å². The summed E-state index contributed by atoms with van der Waals surface area (Å²) < 4.78 is 15.4. The Hall–Kier alpha value is -2.19. The van der Waals surface area contributed by atoms with E-state index < -0.39 is 10.9 Å². The van der Waals surface area contributed by atoms with Crippen molar-refractivity contribution < 1.29 is 29.0 Å². The van der Waals surface area contributed by atoms with Crippen molar-refractivity contribution >= 4 is 11.7 Å². The molecule has 1 aromatic carbocycles. The largest absolute Gasteiger partial charge is 0.484 e. The molecule has 0 amide bonds. The van der Waals surface area contributed by atoms with Crippen molar-refractivity contribution in [2.24, 2.45) is 0 Å². The maximum absolute atomic E-state index is 10.9. The second-order valence-electron chi connectivity index (χ2n) is 4.05. The Bertz CT molecular complexity index is 489. The predicted molar refractivity (Wildman–Crippen MR) is 72.9 cm³/mol. The van der Waals surface area contributed by atoms with E-state index in [0.29, 0.717) is 13.2 Å². The van der Waals surface area contributed by atoms with E-state index >= 15 is 0 Å². The van der Waals surface area contributed by atoms with Gasteiger partial charge in [0.2, 0.25) is 0 Å². The van der Waals surface area contributed by atoms with Crippen LogP contribution in [0, 0.1) is 10.1 Å². The molecular weight excluding hydrogens is 282 g/mol. The molecule has 8 nitrogen and oxygen atoms in total. The van der Waals surface area contributed by atoms with Crippen LogP contribution in [0.25, 0.3) is 0 Å². The average molecular weight is 299 g/mol. The lowest BCUT2D eigenvalue weighted by atomic mass is 10.2.